The van der Waals surface area contributed by atoms with Crippen LogP contribution in [-0.4, -0.2) is 43.3 Å². The van der Waals surface area contributed by atoms with Crippen molar-refractivity contribution in [3.8, 4) is 0 Å². The molecule has 0 aliphatic carbocycles. The first-order valence-electron chi connectivity index (χ1n) is 8.47. The predicted molar refractivity (Wildman–Crippen MR) is 92.5 cm³/mol. The lowest BCUT2D eigenvalue weighted by atomic mass is 10.1. The van der Waals surface area contributed by atoms with Crippen molar-refractivity contribution >= 4 is 5.97 Å². The molecule has 1 unspecified atom stereocenters. The molecule has 1 atom stereocenters. The molecule has 5 heteroatoms. The van der Waals surface area contributed by atoms with Gasteiger partial charge in [0.25, 0.3) is 0 Å². The average molecular weight is 343 g/mol. The van der Waals surface area contributed by atoms with E-state index >= 15 is 0 Å². The number of carbonyl (C=O) groups excluding carboxylic acids is 1. The maximum atomic E-state index is 13.6. The van der Waals surface area contributed by atoms with E-state index in [1.54, 1.807) is 18.2 Å². The monoisotopic (exact) mass is 343 g/mol. The quantitative estimate of drug-likeness (QED) is 0.756. The minimum absolute atomic E-state index is 0.0624. The molecular weight excluding hydrogens is 321 g/mol. The topological polar surface area (TPSA) is 38.8 Å². The van der Waals surface area contributed by atoms with Gasteiger partial charge in [-0.25, -0.2) is 4.39 Å². The Morgan fingerprint density at radius 2 is 1.92 bits per heavy atom. The minimum atomic E-state index is -0.436. The van der Waals surface area contributed by atoms with E-state index in [0.29, 0.717) is 18.7 Å². The molecule has 3 rings (SSSR count). The van der Waals surface area contributed by atoms with Crippen LogP contribution in [0, 0.1) is 5.82 Å². The van der Waals surface area contributed by atoms with Crippen molar-refractivity contribution in [1.29, 1.82) is 0 Å². The summed E-state index contributed by atoms with van der Waals surface area (Å²) in [4.78, 5) is 14.2. The number of carbonyl (C=O) groups is 1. The van der Waals surface area contributed by atoms with E-state index in [2.05, 4.69) is 17.0 Å². The van der Waals surface area contributed by atoms with E-state index in [1.165, 1.54) is 11.6 Å². The first-order valence-corrected chi connectivity index (χ1v) is 8.47. The summed E-state index contributed by atoms with van der Waals surface area (Å²) in [5, 5.41) is 0. The van der Waals surface area contributed by atoms with Crippen LogP contribution in [0.2, 0.25) is 0 Å². The molecule has 1 aliphatic heterocycles. The average Bonchev–Trinajstić information content (AvgIpc) is 2.63. The second kappa shape index (κ2) is 8.74. The zero-order valence-electron chi connectivity index (χ0n) is 14.1. The highest BCUT2D eigenvalue weighted by molar-refractivity contribution is 5.72. The van der Waals surface area contributed by atoms with Crippen molar-refractivity contribution in [1.82, 2.24) is 4.90 Å². The van der Waals surface area contributed by atoms with E-state index in [1.807, 2.05) is 18.2 Å². The Bertz CT molecular complexity index is 692. The highest BCUT2D eigenvalue weighted by atomic mass is 19.1. The van der Waals surface area contributed by atoms with Crippen LogP contribution in [0.15, 0.2) is 54.6 Å². The molecule has 0 aromatic heterocycles. The van der Waals surface area contributed by atoms with Gasteiger partial charge in [-0.3, -0.25) is 9.69 Å². The molecule has 1 saturated heterocycles. The molecule has 132 valence electrons. The number of esters is 1. The zero-order chi connectivity index (χ0) is 17.5. The van der Waals surface area contributed by atoms with Crippen molar-refractivity contribution in [2.75, 3.05) is 26.3 Å². The van der Waals surface area contributed by atoms with Crippen LogP contribution in [0.5, 0.6) is 0 Å². The van der Waals surface area contributed by atoms with Crippen LogP contribution in [0.3, 0.4) is 0 Å². The molecule has 0 saturated carbocycles. The van der Waals surface area contributed by atoms with Crippen molar-refractivity contribution in [3.63, 3.8) is 0 Å². The highest BCUT2D eigenvalue weighted by Gasteiger charge is 2.22. The molecule has 0 radical (unpaired) electrons. The first-order chi connectivity index (χ1) is 12.2. The molecule has 25 heavy (non-hydrogen) atoms. The Morgan fingerprint density at radius 1 is 1.16 bits per heavy atom. The van der Waals surface area contributed by atoms with Crippen LogP contribution < -0.4 is 0 Å². The molecule has 0 N–H and O–H groups in total. The minimum Gasteiger partial charge on any atom is -0.463 e. The summed E-state index contributed by atoms with van der Waals surface area (Å²) in [6.45, 7) is 3.22. The number of hydrogen-bond donors (Lipinski definition) is 0. The Morgan fingerprint density at radius 3 is 2.72 bits per heavy atom. The van der Waals surface area contributed by atoms with Gasteiger partial charge in [-0.15, -0.1) is 0 Å². The molecule has 4 nitrogen and oxygen atoms in total. The van der Waals surface area contributed by atoms with Gasteiger partial charge in [0.15, 0.2) is 0 Å². The Hall–Kier alpha value is -2.24. The number of hydrogen-bond acceptors (Lipinski definition) is 4. The summed E-state index contributed by atoms with van der Waals surface area (Å²) in [6, 6.07) is 16.5. The third kappa shape index (κ3) is 5.37. The van der Waals surface area contributed by atoms with Gasteiger partial charge in [-0.05, 0) is 17.2 Å². The van der Waals surface area contributed by atoms with Crippen molar-refractivity contribution in [2.45, 2.75) is 19.1 Å². The highest BCUT2D eigenvalue weighted by Crippen LogP contribution is 2.12. The Balaban J connectivity index is 1.45. The van der Waals surface area contributed by atoms with E-state index in [0.717, 1.165) is 13.1 Å². The standard InChI is InChI=1S/C20H22FNO3/c21-19-9-5-4-8-17(19)12-20(23)25-15-18-14-22(10-11-24-18)13-16-6-2-1-3-7-16/h1-9,18H,10-15H2. The van der Waals surface area contributed by atoms with Gasteiger partial charge in [-0.1, -0.05) is 48.5 Å². The number of halogens is 1. The summed E-state index contributed by atoms with van der Waals surface area (Å²) in [5.41, 5.74) is 1.60. The number of ether oxygens (including phenoxy) is 2. The molecule has 0 spiro atoms. The number of benzene rings is 2. The van der Waals surface area contributed by atoms with Gasteiger partial charge in [0.1, 0.15) is 18.5 Å². The van der Waals surface area contributed by atoms with Crippen molar-refractivity contribution in [3.05, 3.63) is 71.5 Å². The fourth-order valence-electron chi connectivity index (χ4n) is 2.90. The largest absolute Gasteiger partial charge is 0.463 e. The third-order valence-corrected chi connectivity index (χ3v) is 4.19. The zero-order valence-corrected chi connectivity index (χ0v) is 14.1. The predicted octanol–water partition coefficient (Wildman–Crippen LogP) is 2.81. The lowest BCUT2D eigenvalue weighted by molar-refractivity contribution is -0.149. The van der Waals surface area contributed by atoms with Crippen LogP contribution in [-0.2, 0) is 27.2 Å². The summed E-state index contributed by atoms with van der Waals surface area (Å²) in [7, 11) is 0. The molecule has 0 amide bonds. The van der Waals surface area contributed by atoms with Gasteiger partial charge in [-0.2, -0.15) is 0 Å². The molecule has 2 aromatic rings. The smallest absolute Gasteiger partial charge is 0.310 e. The molecule has 1 aliphatic rings. The Kier molecular flexibility index (Phi) is 6.14. The Labute approximate surface area is 147 Å². The fraction of sp³-hybridized carbons (Fsp3) is 0.350. The molecule has 2 aromatic carbocycles. The SMILES string of the molecule is O=C(Cc1ccccc1F)OCC1CN(Cc2ccccc2)CCO1. The lowest BCUT2D eigenvalue weighted by Gasteiger charge is -2.32. The summed E-state index contributed by atoms with van der Waals surface area (Å²) >= 11 is 0. The van der Waals surface area contributed by atoms with Gasteiger partial charge in [0.05, 0.1) is 13.0 Å². The second-order valence-corrected chi connectivity index (χ2v) is 6.16. The van der Waals surface area contributed by atoms with Crippen LogP contribution >= 0.6 is 0 Å². The maximum Gasteiger partial charge on any atom is 0.310 e. The van der Waals surface area contributed by atoms with E-state index < -0.39 is 5.97 Å². The summed E-state index contributed by atoms with van der Waals surface area (Å²) in [5.74, 6) is -0.823. The van der Waals surface area contributed by atoms with Crippen molar-refractivity contribution < 1.29 is 18.7 Å². The third-order valence-electron chi connectivity index (χ3n) is 4.19. The molecule has 1 fully saturated rings. The van der Waals surface area contributed by atoms with Crippen molar-refractivity contribution in [2.24, 2.45) is 0 Å². The van der Waals surface area contributed by atoms with Gasteiger partial charge in [0, 0.05) is 19.6 Å². The van der Waals surface area contributed by atoms with Gasteiger partial charge < -0.3 is 9.47 Å². The van der Waals surface area contributed by atoms with Crippen LogP contribution in [0.4, 0.5) is 4.39 Å². The second-order valence-electron chi connectivity index (χ2n) is 6.16. The molecule has 0 bridgehead atoms. The number of nitrogens with zero attached hydrogens (tertiary/aromatic N) is 1. The fourth-order valence-corrected chi connectivity index (χ4v) is 2.90. The molecular formula is C20H22FNO3. The van der Waals surface area contributed by atoms with Crippen LogP contribution in [0.25, 0.3) is 0 Å². The number of rotatable bonds is 6. The van der Waals surface area contributed by atoms with Gasteiger partial charge >= 0.3 is 5.97 Å². The lowest BCUT2D eigenvalue weighted by Crippen LogP contribution is -2.44. The maximum absolute atomic E-state index is 13.6. The summed E-state index contributed by atoms with van der Waals surface area (Å²) < 4.78 is 24.5. The normalized spacial score (nSPS) is 18.0. The van der Waals surface area contributed by atoms with E-state index in [4.69, 9.17) is 9.47 Å². The first kappa shape index (κ1) is 17.6. The van der Waals surface area contributed by atoms with Gasteiger partial charge in [0.2, 0.25) is 0 Å². The number of morpholine rings is 1. The van der Waals surface area contributed by atoms with E-state index in [-0.39, 0.29) is 24.9 Å². The summed E-state index contributed by atoms with van der Waals surface area (Å²) in [6.07, 6.45) is -0.213. The molecule has 1 heterocycles. The van der Waals surface area contributed by atoms with Crippen LogP contribution in [0.1, 0.15) is 11.1 Å². The van der Waals surface area contributed by atoms with E-state index in [9.17, 15) is 9.18 Å².